The summed E-state index contributed by atoms with van der Waals surface area (Å²) in [4.78, 5) is 14.5. The summed E-state index contributed by atoms with van der Waals surface area (Å²) in [5, 5.41) is 3.18. The van der Waals surface area contributed by atoms with Crippen LogP contribution in [-0.4, -0.2) is 43.5 Å². The number of hydrogen-bond acceptors (Lipinski definition) is 3. The number of nitrogens with zero attached hydrogens (tertiary/aromatic N) is 1. The first-order valence-corrected chi connectivity index (χ1v) is 8.46. The smallest absolute Gasteiger partial charge is 0.220 e. The van der Waals surface area contributed by atoms with Crippen LogP contribution in [0.2, 0.25) is 0 Å². The maximum absolute atomic E-state index is 12.1. The molecule has 124 valence electrons. The van der Waals surface area contributed by atoms with Crippen molar-refractivity contribution in [2.24, 2.45) is 11.1 Å². The molecule has 1 fully saturated rings. The zero-order chi connectivity index (χ0) is 15.9. The van der Waals surface area contributed by atoms with Gasteiger partial charge in [-0.05, 0) is 51.7 Å². The minimum atomic E-state index is 0.163. The van der Waals surface area contributed by atoms with E-state index in [1.54, 1.807) is 0 Å². The van der Waals surface area contributed by atoms with Gasteiger partial charge in [-0.15, -0.1) is 0 Å². The van der Waals surface area contributed by atoms with Crippen LogP contribution in [-0.2, 0) is 4.79 Å². The molecule has 0 saturated heterocycles. The van der Waals surface area contributed by atoms with E-state index in [0.29, 0.717) is 13.0 Å². The lowest BCUT2D eigenvalue weighted by molar-refractivity contribution is -0.122. The van der Waals surface area contributed by atoms with Crippen LogP contribution in [0, 0.1) is 5.41 Å². The number of nitrogens with two attached hydrogens (primary N) is 1. The lowest BCUT2D eigenvalue weighted by Crippen LogP contribution is -2.53. The highest BCUT2D eigenvalue weighted by Crippen LogP contribution is 2.31. The maximum Gasteiger partial charge on any atom is 0.220 e. The Balaban J connectivity index is 2.40. The topological polar surface area (TPSA) is 58.4 Å². The minimum Gasteiger partial charge on any atom is -0.354 e. The van der Waals surface area contributed by atoms with Gasteiger partial charge in [-0.25, -0.2) is 0 Å². The zero-order valence-corrected chi connectivity index (χ0v) is 14.5. The predicted octanol–water partition coefficient (Wildman–Crippen LogP) is 2.52. The van der Waals surface area contributed by atoms with Crippen LogP contribution < -0.4 is 11.1 Å². The number of rotatable bonds is 8. The van der Waals surface area contributed by atoms with Gasteiger partial charge in [-0.1, -0.05) is 33.1 Å². The number of likely N-dealkylation sites (N-methyl/N-ethyl adjacent to an activating group) is 1. The molecule has 0 aromatic heterocycles. The molecule has 1 aliphatic rings. The number of amides is 1. The van der Waals surface area contributed by atoms with E-state index in [1.165, 1.54) is 32.1 Å². The van der Waals surface area contributed by atoms with Crippen LogP contribution in [0.15, 0.2) is 0 Å². The Bertz CT molecular complexity index is 320. The fourth-order valence-electron chi connectivity index (χ4n) is 3.31. The van der Waals surface area contributed by atoms with Crippen molar-refractivity contribution in [1.29, 1.82) is 0 Å². The normalized spacial score (nSPS) is 18.8. The highest BCUT2D eigenvalue weighted by molar-refractivity contribution is 5.76. The molecule has 4 nitrogen and oxygen atoms in total. The van der Waals surface area contributed by atoms with E-state index in [9.17, 15) is 4.79 Å². The van der Waals surface area contributed by atoms with Gasteiger partial charge in [0.15, 0.2) is 0 Å². The van der Waals surface area contributed by atoms with Gasteiger partial charge >= 0.3 is 0 Å². The Morgan fingerprint density at radius 1 is 1.19 bits per heavy atom. The molecule has 0 bridgehead atoms. The van der Waals surface area contributed by atoms with Gasteiger partial charge in [-0.3, -0.25) is 4.79 Å². The molecule has 1 saturated carbocycles. The summed E-state index contributed by atoms with van der Waals surface area (Å²) >= 11 is 0. The van der Waals surface area contributed by atoms with Crippen molar-refractivity contribution in [3.63, 3.8) is 0 Å². The summed E-state index contributed by atoms with van der Waals surface area (Å²) in [6.45, 7) is 5.86. The second-order valence-corrected chi connectivity index (χ2v) is 7.66. The van der Waals surface area contributed by atoms with E-state index in [1.807, 2.05) is 0 Å². The average molecular weight is 297 g/mol. The largest absolute Gasteiger partial charge is 0.354 e. The Hall–Kier alpha value is -0.610. The molecule has 0 spiro atoms. The fourth-order valence-corrected chi connectivity index (χ4v) is 3.31. The molecule has 0 radical (unpaired) electrons. The molecule has 4 heteroatoms. The second-order valence-electron chi connectivity index (χ2n) is 7.66. The second kappa shape index (κ2) is 8.14. The Morgan fingerprint density at radius 2 is 1.81 bits per heavy atom. The van der Waals surface area contributed by atoms with Gasteiger partial charge in [0.1, 0.15) is 0 Å². The van der Waals surface area contributed by atoms with Crippen LogP contribution in [0.3, 0.4) is 0 Å². The summed E-state index contributed by atoms with van der Waals surface area (Å²) in [7, 11) is 4.28. The average Bonchev–Trinajstić information content (AvgIpc) is 2.44. The van der Waals surface area contributed by atoms with E-state index < -0.39 is 0 Å². The van der Waals surface area contributed by atoms with E-state index in [2.05, 4.69) is 38.2 Å². The molecule has 0 aliphatic heterocycles. The number of hydrogen-bond donors (Lipinski definition) is 2. The Morgan fingerprint density at radius 3 is 2.33 bits per heavy atom. The molecule has 1 rings (SSSR count). The third kappa shape index (κ3) is 5.95. The van der Waals surface area contributed by atoms with Crippen LogP contribution in [0.1, 0.15) is 65.2 Å². The molecule has 0 atom stereocenters. The number of carbonyl (C=O) groups excluding carboxylic acids is 1. The molecule has 0 heterocycles. The lowest BCUT2D eigenvalue weighted by atomic mass is 9.80. The SMILES string of the molecule is CN(C)C1(CNC(=O)CCC(C)(C)CCN)CCCCC1. The van der Waals surface area contributed by atoms with Crippen LogP contribution >= 0.6 is 0 Å². The van der Waals surface area contributed by atoms with Crippen LogP contribution in [0.4, 0.5) is 0 Å². The summed E-state index contributed by atoms with van der Waals surface area (Å²) < 4.78 is 0. The summed E-state index contributed by atoms with van der Waals surface area (Å²) in [5.74, 6) is 0.187. The Kier molecular flexibility index (Phi) is 7.14. The maximum atomic E-state index is 12.1. The van der Waals surface area contributed by atoms with Gasteiger partial charge in [0.05, 0.1) is 0 Å². The molecule has 21 heavy (non-hydrogen) atoms. The van der Waals surface area contributed by atoms with Gasteiger partial charge in [0.2, 0.25) is 5.91 Å². The minimum absolute atomic E-state index is 0.163. The van der Waals surface area contributed by atoms with Gasteiger partial charge in [0.25, 0.3) is 0 Å². The van der Waals surface area contributed by atoms with Gasteiger partial charge in [0, 0.05) is 18.5 Å². The molecular weight excluding hydrogens is 262 g/mol. The summed E-state index contributed by atoms with van der Waals surface area (Å²) in [5.41, 5.74) is 5.95. The van der Waals surface area contributed by atoms with Crippen LogP contribution in [0.25, 0.3) is 0 Å². The highest BCUT2D eigenvalue weighted by atomic mass is 16.1. The monoisotopic (exact) mass is 297 g/mol. The zero-order valence-electron chi connectivity index (χ0n) is 14.5. The molecule has 1 amide bonds. The first-order chi connectivity index (χ1) is 9.81. The van der Waals surface area contributed by atoms with E-state index in [-0.39, 0.29) is 16.9 Å². The van der Waals surface area contributed by atoms with E-state index in [0.717, 1.165) is 19.4 Å². The van der Waals surface area contributed by atoms with E-state index >= 15 is 0 Å². The van der Waals surface area contributed by atoms with Crippen molar-refractivity contribution in [3.05, 3.63) is 0 Å². The lowest BCUT2D eigenvalue weighted by Gasteiger charge is -2.43. The van der Waals surface area contributed by atoms with Crippen molar-refractivity contribution in [1.82, 2.24) is 10.2 Å². The highest BCUT2D eigenvalue weighted by Gasteiger charge is 2.34. The van der Waals surface area contributed by atoms with Crippen molar-refractivity contribution >= 4 is 5.91 Å². The number of nitrogens with one attached hydrogen (secondary N) is 1. The van der Waals surface area contributed by atoms with Crippen molar-refractivity contribution < 1.29 is 4.79 Å². The molecule has 0 unspecified atom stereocenters. The summed E-state index contributed by atoms with van der Waals surface area (Å²) in [6.07, 6.45) is 8.76. The molecule has 0 aromatic rings. The van der Waals surface area contributed by atoms with Crippen LogP contribution in [0.5, 0.6) is 0 Å². The standard InChI is InChI=1S/C17H35N3O/c1-16(2,12-13-18)11-8-15(21)19-14-17(20(3)4)9-6-5-7-10-17/h5-14,18H2,1-4H3,(H,19,21). The molecule has 1 aliphatic carbocycles. The Labute approximate surface area is 130 Å². The van der Waals surface area contributed by atoms with Crippen molar-refractivity contribution in [2.75, 3.05) is 27.2 Å². The molecule has 0 aromatic carbocycles. The summed E-state index contributed by atoms with van der Waals surface area (Å²) in [6, 6.07) is 0. The fraction of sp³-hybridized carbons (Fsp3) is 0.941. The van der Waals surface area contributed by atoms with Crippen molar-refractivity contribution in [2.45, 2.75) is 70.8 Å². The van der Waals surface area contributed by atoms with Crippen molar-refractivity contribution in [3.8, 4) is 0 Å². The predicted molar refractivity (Wildman–Crippen MR) is 89.2 cm³/mol. The van der Waals surface area contributed by atoms with Gasteiger partial charge in [-0.2, -0.15) is 0 Å². The third-order valence-corrected chi connectivity index (χ3v) is 5.20. The third-order valence-electron chi connectivity index (χ3n) is 5.20. The first kappa shape index (κ1) is 18.4. The first-order valence-electron chi connectivity index (χ1n) is 8.46. The van der Waals surface area contributed by atoms with E-state index in [4.69, 9.17) is 5.73 Å². The quantitative estimate of drug-likeness (QED) is 0.724. The molecular formula is C17H35N3O. The molecule has 3 N–H and O–H groups in total. The number of carbonyl (C=O) groups is 1. The van der Waals surface area contributed by atoms with Gasteiger partial charge < -0.3 is 16.0 Å².